The number of aliphatic hydroxyl groups is 1. The molecule has 34 heavy (non-hydrogen) atoms. The molecule has 2 N–H and O–H groups in total. The van der Waals surface area contributed by atoms with Gasteiger partial charge < -0.3 is 15.0 Å². The minimum absolute atomic E-state index is 0.0121. The van der Waals surface area contributed by atoms with E-state index < -0.39 is 6.10 Å². The van der Waals surface area contributed by atoms with E-state index in [0.29, 0.717) is 18.9 Å². The number of fused-ring (bicyclic) bond motifs is 2. The van der Waals surface area contributed by atoms with Gasteiger partial charge in [0.25, 0.3) is 0 Å². The zero-order valence-electron chi connectivity index (χ0n) is 20.9. The van der Waals surface area contributed by atoms with Crippen LogP contribution in [-0.2, 0) is 11.2 Å². The quantitative estimate of drug-likeness (QED) is 0.547. The van der Waals surface area contributed by atoms with Crippen molar-refractivity contribution in [1.29, 1.82) is 0 Å². The van der Waals surface area contributed by atoms with Crippen LogP contribution in [0.15, 0.2) is 65.4 Å². The predicted molar refractivity (Wildman–Crippen MR) is 138 cm³/mol. The molecule has 1 aromatic heterocycles. The van der Waals surface area contributed by atoms with Crippen LogP contribution in [0.1, 0.15) is 64.9 Å². The highest BCUT2D eigenvalue weighted by Gasteiger charge is 2.49. The van der Waals surface area contributed by atoms with Crippen LogP contribution in [0.25, 0.3) is 10.9 Å². The summed E-state index contributed by atoms with van der Waals surface area (Å²) < 4.78 is 0. The van der Waals surface area contributed by atoms with Gasteiger partial charge in [-0.15, -0.1) is 0 Å². The maximum absolute atomic E-state index is 13.8. The van der Waals surface area contributed by atoms with Gasteiger partial charge in [-0.1, -0.05) is 55.8 Å². The van der Waals surface area contributed by atoms with E-state index in [0.717, 1.165) is 60.8 Å². The average Bonchev–Trinajstić information content (AvgIpc) is 3.30. The first-order valence-electron chi connectivity index (χ1n) is 12.9. The molecule has 0 radical (unpaired) electrons. The number of H-pyrrole nitrogens is 1. The largest absolute Gasteiger partial charge is 0.389 e. The number of nitrogens with one attached hydrogen (secondary N) is 1. The molecule has 2 aliphatic carbocycles. The van der Waals surface area contributed by atoms with Gasteiger partial charge in [0, 0.05) is 29.2 Å². The van der Waals surface area contributed by atoms with Gasteiger partial charge in [-0.05, 0) is 80.4 Å². The van der Waals surface area contributed by atoms with Gasteiger partial charge >= 0.3 is 0 Å². The van der Waals surface area contributed by atoms with Gasteiger partial charge in [0.05, 0.1) is 12.1 Å². The third kappa shape index (κ3) is 4.07. The van der Waals surface area contributed by atoms with E-state index in [9.17, 15) is 9.90 Å². The number of carbonyl (C=O) groups excluding carboxylic acids is 1. The summed E-state index contributed by atoms with van der Waals surface area (Å²) in [6.45, 7) is 11.8. The first-order valence-corrected chi connectivity index (χ1v) is 12.9. The van der Waals surface area contributed by atoms with Crippen molar-refractivity contribution in [2.24, 2.45) is 11.3 Å². The number of aromatic amines is 1. The molecule has 3 atom stereocenters. The molecule has 3 unspecified atom stereocenters. The number of para-hydroxylation sites is 1. The first-order chi connectivity index (χ1) is 16.3. The van der Waals surface area contributed by atoms with Crippen molar-refractivity contribution in [3.8, 4) is 0 Å². The lowest BCUT2D eigenvalue weighted by molar-refractivity contribution is -0.127. The first kappa shape index (κ1) is 23.2. The fourth-order valence-corrected chi connectivity index (χ4v) is 6.84. The molecule has 0 saturated carbocycles. The highest BCUT2D eigenvalue weighted by molar-refractivity contribution is 5.98. The highest BCUT2D eigenvalue weighted by atomic mass is 16.3. The number of amides is 1. The Morgan fingerprint density at radius 2 is 1.94 bits per heavy atom. The molecular weight excluding hydrogens is 420 g/mol. The van der Waals surface area contributed by atoms with E-state index in [-0.39, 0.29) is 17.4 Å². The van der Waals surface area contributed by atoms with E-state index in [4.69, 9.17) is 0 Å². The standard InChI is InChI=1S/C30H38N2O2/c1-19-9-10-22-11-12-25-28(30(22,3)4)27(17-20(2)16-23(33)15-19)32(29(25)34)14-13-21-18-31-26-8-6-5-7-24(21)26/h5-8,16,18,22-23,27,31,33H,1,9-15,17H2,2-4H3. The number of hydrogen-bond donors (Lipinski definition) is 2. The summed E-state index contributed by atoms with van der Waals surface area (Å²) in [4.78, 5) is 19.3. The van der Waals surface area contributed by atoms with E-state index in [1.165, 1.54) is 16.5 Å². The maximum Gasteiger partial charge on any atom is 0.250 e. The van der Waals surface area contributed by atoms with Crippen molar-refractivity contribution in [3.05, 3.63) is 71.0 Å². The fourth-order valence-electron chi connectivity index (χ4n) is 6.84. The summed E-state index contributed by atoms with van der Waals surface area (Å²) in [5.41, 5.74) is 7.11. The van der Waals surface area contributed by atoms with Gasteiger partial charge in [-0.25, -0.2) is 0 Å². The van der Waals surface area contributed by atoms with Crippen LogP contribution in [0, 0.1) is 11.3 Å². The van der Waals surface area contributed by atoms with E-state index >= 15 is 0 Å². The average molecular weight is 459 g/mol. The lowest BCUT2D eigenvalue weighted by atomic mass is 9.62. The molecule has 0 saturated heterocycles. The lowest BCUT2D eigenvalue weighted by Gasteiger charge is -2.43. The number of carbonyl (C=O) groups is 1. The summed E-state index contributed by atoms with van der Waals surface area (Å²) >= 11 is 0. The van der Waals surface area contributed by atoms with Crippen molar-refractivity contribution >= 4 is 16.8 Å². The van der Waals surface area contributed by atoms with Gasteiger partial charge in [-0.3, -0.25) is 4.79 Å². The van der Waals surface area contributed by atoms with Crippen LogP contribution >= 0.6 is 0 Å². The fraction of sp³-hybridized carbons (Fsp3) is 0.500. The third-order valence-corrected chi connectivity index (χ3v) is 8.64. The van der Waals surface area contributed by atoms with Gasteiger partial charge in [0.15, 0.2) is 0 Å². The Morgan fingerprint density at radius 3 is 2.76 bits per heavy atom. The Bertz CT molecular complexity index is 1180. The molecule has 1 amide bonds. The lowest BCUT2D eigenvalue weighted by Crippen LogP contribution is -2.41. The summed E-state index contributed by atoms with van der Waals surface area (Å²) in [6, 6.07) is 8.46. The van der Waals surface area contributed by atoms with E-state index in [2.05, 4.69) is 61.6 Å². The number of hydrogen-bond acceptors (Lipinski definition) is 2. The van der Waals surface area contributed by atoms with Crippen molar-refractivity contribution in [3.63, 3.8) is 0 Å². The second-order valence-electron chi connectivity index (χ2n) is 11.3. The Morgan fingerprint density at radius 1 is 1.18 bits per heavy atom. The molecule has 0 fully saturated rings. The molecule has 2 aromatic rings. The van der Waals surface area contributed by atoms with Crippen molar-refractivity contribution < 1.29 is 9.90 Å². The van der Waals surface area contributed by atoms with Crippen LogP contribution in [0.5, 0.6) is 0 Å². The van der Waals surface area contributed by atoms with Crippen molar-refractivity contribution in [2.75, 3.05) is 6.54 Å². The second-order valence-corrected chi connectivity index (χ2v) is 11.3. The van der Waals surface area contributed by atoms with E-state index in [1.807, 2.05) is 12.1 Å². The second kappa shape index (κ2) is 8.88. The van der Waals surface area contributed by atoms with Crippen LogP contribution in [0.4, 0.5) is 0 Å². The summed E-state index contributed by atoms with van der Waals surface area (Å²) in [5.74, 6) is 0.770. The molecule has 4 heteroatoms. The summed E-state index contributed by atoms with van der Waals surface area (Å²) in [7, 11) is 0. The molecule has 3 aliphatic rings. The summed E-state index contributed by atoms with van der Waals surface area (Å²) in [6.07, 6.45) is 9.81. The molecule has 1 aromatic carbocycles. The molecule has 4 nitrogen and oxygen atoms in total. The number of rotatable bonds is 3. The Balaban J connectivity index is 1.49. The highest BCUT2D eigenvalue weighted by Crippen LogP contribution is 2.53. The zero-order chi connectivity index (χ0) is 24.0. The van der Waals surface area contributed by atoms with Crippen LogP contribution in [0.3, 0.4) is 0 Å². The minimum Gasteiger partial charge on any atom is -0.389 e. The van der Waals surface area contributed by atoms with Gasteiger partial charge in [-0.2, -0.15) is 0 Å². The van der Waals surface area contributed by atoms with Crippen LogP contribution in [-0.4, -0.2) is 39.6 Å². The Labute approximate surface area is 203 Å². The third-order valence-electron chi connectivity index (χ3n) is 8.64. The van der Waals surface area contributed by atoms with Crippen LogP contribution < -0.4 is 0 Å². The van der Waals surface area contributed by atoms with Gasteiger partial charge in [0.1, 0.15) is 0 Å². The van der Waals surface area contributed by atoms with E-state index in [1.54, 1.807) is 0 Å². The van der Waals surface area contributed by atoms with Crippen molar-refractivity contribution in [2.45, 2.75) is 77.9 Å². The normalized spacial score (nSPS) is 27.6. The molecule has 2 heterocycles. The zero-order valence-corrected chi connectivity index (χ0v) is 20.9. The topological polar surface area (TPSA) is 56.3 Å². The number of benzene rings is 1. The smallest absolute Gasteiger partial charge is 0.250 e. The number of aliphatic hydroxyl groups excluding tert-OH is 1. The maximum atomic E-state index is 13.8. The van der Waals surface area contributed by atoms with Crippen LogP contribution in [0.2, 0.25) is 0 Å². The Hall–Kier alpha value is -2.59. The molecule has 180 valence electrons. The minimum atomic E-state index is -0.495. The molecule has 0 spiro atoms. The summed E-state index contributed by atoms with van der Waals surface area (Å²) in [5, 5.41) is 11.9. The number of aromatic nitrogens is 1. The van der Waals surface area contributed by atoms with Crippen molar-refractivity contribution in [1.82, 2.24) is 9.88 Å². The molecule has 5 rings (SSSR count). The SMILES string of the molecule is C=C1CCC2CCC3=C(C(CC(C)=CC(O)C1)N(CCc1c[nH]c4ccccc14)C3=O)C2(C)C. The molecule has 1 aliphatic heterocycles. The molecular formula is C30H38N2O2. The van der Waals surface area contributed by atoms with Gasteiger partial charge in [0.2, 0.25) is 5.91 Å². The molecule has 2 bridgehead atoms. The monoisotopic (exact) mass is 458 g/mol. The number of nitrogens with zero attached hydrogens (tertiary/aromatic N) is 1. The Kier molecular flexibility index (Phi) is 6.05. The predicted octanol–water partition coefficient (Wildman–Crippen LogP) is 6.09.